The minimum Gasteiger partial charge on any atom is -0.489 e. The number of benzene rings is 2. The summed E-state index contributed by atoms with van der Waals surface area (Å²) in [4.78, 5) is 17.4. The van der Waals surface area contributed by atoms with Crippen molar-refractivity contribution in [2.75, 3.05) is 50.5 Å². The van der Waals surface area contributed by atoms with Crippen molar-refractivity contribution < 1.29 is 22.7 Å². The monoisotopic (exact) mass is 469 g/mol. The van der Waals surface area contributed by atoms with E-state index in [0.717, 1.165) is 24.8 Å². The molecule has 1 amide bonds. The van der Waals surface area contributed by atoms with Gasteiger partial charge in [0.15, 0.2) is 9.84 Å². The van der Waals surface area contributed by atoms with Gasteiger partial charge in [0, 0.05) is 51.0 Å². The van der Waals surface area contributed by atoms with Gasteiger partial charge in [0.1, 0.15) is 11.9 Å². The van der Waals surface area contributed by atoms with E-state index in [1.165, 1.54) is 12.1 Å². The lowest BCUT2D eigenvalue weighted by Crippen LogP contribution is -2.49. The Hall–Kier alpha value is -3.09. The number of piperazine rings is 1. The highest BCUT2D eigenvalue weighted by Crippen LogP contribution is 2.28. The van der Waals surface area contributed by atoms with Crippen LogP contribution < -0.4 is 9.64 Å². The van der Waals surface area contributed by atoms with Gasteiger partial charge in [-0.1, -0.05) is 0 Å². The van der Waals surface area contributed by atoms with E-state index in [2.05, 4.69) is 11.0 Å². The summed E-state index contributed by atoms with van der Waals surface area (Å²) in [7, 11) is -3.47. The Balaban J connectivity index is 1.51. The van der Waals surface area contributed by atoms with Gasteiger partial charge < -0.3 is 19.3 Å². The molecule has 0 atom stereocenters. The number of anilines is 1. The molecule has 2 aromatic rings. The maximum Gasteiger partial charge on any atom is 0.257 e. The molecule has 0 spiro atoms. The molecule has 2 aliphatic rings. The lowest BCUT2D eigenvalue weighted by Gasteiger charge is -2.36. The summed E-state index contributed by atoms with van der Waals surface area (Å²) in [5, 5.41) is 8.98. The SMILES string of the molecule is CS(=O)(=O)c1ccc(OC2CCOCC2)c(C(=O)N2CCN(c3ccc(C#N)cc3)CC2)c1. The van der Waals surface area contributed by atoms with E-state index in [4.69, 9.17) is 14.7 Å². The van der Waals surface area contributed by atoms with Crippen LogP contribution in [0.1, 0.15) is 28.8 Å². The highest BCUT2D eigenvalue weighted by molar-refractivity contribution is 7.90. The Labute approximate surface area is 194 Å². The molecule has 174 valence electrons. The first kappa shape index (κ1) is 23.1. The molecule has 0 N–H and O–H groups in total. The fraction of sp³-hybridized carbons (Fsp3) is 0.417. The summed E-state index contributed by atoms with van der Waals surface area (Å²) >= 11 is 0. The number of carbonyl (C=O) groups excluding carboxylic acids is 1. The van der Waals surface area contributed by atoms with Crippen molar-refractivity contribution >= 4 is 21.4 Å². The maximum absolute atomic E-state index is 13.4. The maximum atomic E-state index is 13.4. The molecule has 8 nitrogen and oxygen atoms in total. The quantitative estimate of drug-likeness (QED) is 0.663. The highest BCUT2D eigenvalue weighted by atomic mass is 32.2. The number of sulfone groups is 1. The van der Waals surface area contributed by atoms with Crippen molar-refractivity contribution in [3.8, 4) is 11.8 Å². The standard InChI is InChI=1S/C24H27N3O5S/c1-33(29,30)21-6-7-23(32-20-8-14-31-15-9-20)22(16-21)24(28)27-12-10-26(11-13-27)19-4-2-18(17-25)3-5-19/h2-7,16,20H,8-15H2,1H3. The van der Waals surface area contributed by atoms with Crippen molar-refractivity contribution in [2.24, 2.45) is 0 Å². The van der Waals surface area contributed by atoms with Crippen LogP contribution in [0, 0.1) is 11.3 Å². The number of rotatable bonds is 5. The van der Waals surface area contributed by atoms with Crippen LogP contribution in [0.25, 0.3) is 0 Å². The first-order chi connectivity index (χ1) is 15.8. The smallest absolute Gasteiger partial charge is 0.257 e. The van der Waals surface area contributed by atoms with Crippen LogP contribution in [0.15, 0.2) is 47.4 Å². The Morgan fingerprint density at radius 1 is 1.06 bits per heavy atom. The van der Waals surface area contributed by atoms with Gasteiger partial charge in [-0.15, -0.1) is 0 Å². The number of hydrogen-bond donors (Lipinski definition) is 0. The number of nitriles is 1. The van der Waals surface area contributed by atoms with Gasteiger partial charge in [-0.05, 0) is 42.5 Å². The van der Waals surface area contributed by atoms with Gasteiger partial charge in [-0.25, -0.2) is 8.42 Å². The number of ether oxygens (including phenoxy) is 2. The lowest BCUT2D eigenvalue weighted by atomic mass is 10.1. The van der Waals surface area contributed by atoms with Crippen LogP contribution in [0.4, 0.5) is 5.69 Å². The molecule has 0 saturated carbocycles. The molecule has 2 heterocycles. The zero-order chi connectivity index (χ0) is 23.4. The van der Waals surface area contributed by atoms with Crippen LogP contribution in [-0.2, 0) is 14.6 Å². The van der Waals surface area contributed by atoms with Crippen molar-refractivity contribution in [2.45, 2.75) is 23.8 Å². The summed E-state index contributed by atoms with van der Waals surface area (Å²) in [5.74, 6) is 0.177. The molecular formula is C24H27N3O5S. The molecule has 2 saturated heterocycles. The zero-order valence-corrected chi connectivity index (χ0v) is 19.4. The second-order valence-electron chi connectivity index (χ2n) is 8.30. The van der Waals surface area contributed by atoms with Crippen LogP contribution in [0.2, 0.25) is 0 Å². The molecule has 9 heteroatoms. The Morgan fingerprint density at radius 2 is 1.73 bits per heavy atom. The predicted octanol–water partition coefficient (Wildman–Crippen LogP) is 2.48. The molecule has 0 radical (unpaired) electrons. The average Bonchev–Trinajstić information content (AvgIpc) is 2.84. The van der Waals surface area contributed by atoms with Crippen LogP contribution in [0.5, 0.6) is 5.75 Å². The van der Waals surface area contributed by atoms with E-state index < -0.39 is 9.84 Å². The van der Waals surface area contributed by atoms with Crippen LogP contribution in [0.3, 0.4) is 0 Å². The molecule has 2 aromatic carbocycles. The Bertz CT molecular complexity index is 1140. The fourth-order valence-corrected chi connectivity index (χ4v) is 4.72. The van der Waals surface area contributed by atoms with Gasteiger partial charge in [-0.2, -0.15) is 5.26 Å². The van der Waals surface area contributed by atoms with Crippen molar-refractivity contribution in [1.82, 2.24) is 4.90 Å². The van der Waals surface area contributed by atoms with E-state index >= 15 is 0 Å². The van der Waals surface area contributed by atoms with E-state index in [9.17, 15) is 13.2 Å². The second kappa shape index (κ2) is 9.81. The zero-order valence-electron chi connectivity index (χ0n) is 18.6. The normalized spacial score (nSPS) is 17.5. The van der Waals surface area contributed by atoms with Gasteiger partial charge in [0.05, 0.1) is 35.3 Å². The van der Waals surface area contributed by atoms with E-state index in [0.29, 0.717) is 50.7 Å². The lowest BCUT2D eigenvalue weighted by molar-refractivity contribution is 0.0249. The third kappa shape index (κ3) is 5.46. The minimum atomic E-state index is -3.47. The van der Waals surface area contributed by atoms with Crippen LogP contribution >= 0.6 is 0 Å². The Morgan fingerprint density at radius 3 is 2.33 bits per heavy atom. The van der Waals surface area contributed by atoms with Crippen molar-refractivity contribution in [3.63, 3.8) is 0 Å². The molecule has 2 aliphatic heterocycles. The molecule has 2 fully saturated rings. The molecule has 33 heavy (non-hydrogen) atoms. The third-order valence-corrected chi connectivity index (χ3v) is 7.11. The van der Waals surface area contributed by atoms with Gasteiger partial charge >= 0.3 is 0 Å². The summed E-state index contributed by atoms with van der Waals surface area (Å²) in [6, 6.07) is 14.0. The number of carbonyl (C=O) groups is 1. The number of hydrogen-bond acceptors (Lipinski definition) is 7. The molecule has 0 aliphatic carbocycles. The predicted molar refractivity (Wildman–Crippen MR) is 123 cm³/mol. The molecule has 0 unspecified atom stereocenters. The number of amides is 1. The van der Waals surface area contributed by atoms with Gasteiger partial charge in [0.25, 0.3) is 5.91 Å². The molecule has 0 aromatic heterocycles. The minimum absolute atomic E-state index is 0.0670. The molecule has 0 bridgehead atoms. The highest BCUT2D eigenvalue weighted by Gasteiger charge is 2.27. The van der Waals surface area contributed by atoms with E-state index in [1.54, 1.807) is 23.1 Å². The van der Waals surface area contributed by atoms with Gasteiger partial charge in [0.2, 0.25) is 0 Å². The summed E-state index contributed by atoms with van der Waals surface area (Å²) < 4.78 is 35.7. The largest absolute Gasteiger partial charge is 0.489 e. The van der Waals surface area contributed by atoms with Crippen molar-refractivity contribution in [3.05, 3.63) is 53.6 Å². The van der Waals surface area contributed by atoms with Crippen LogP contribution in [-0.4, -0.2) is 71.0 Å². The molecule has 4 rings (SSSR count). The van der Waals surface area contributed by atoms with E-state index in [1.807, 2.05) is 12.1 Å². The summed E-state index contributed by atoms with van der Waals surface area (Å²) in [6.45, 7) is 3.48. The Kier molecular flexibility index (Phi) is 6.86. The first-order valence-corrected chi connectivity index (χ1v) is 12.9. The summed E-state index contributed by atoms with van der Waals surface area (Å²) in [6.07, 6.45) is 2.52. The van der Waals surface area contributed by atoms with Crippen molar-refractivity contribution in [1.29, 1.82) is 5.26 Å². The number of nitrogens with zero attached hydrogens (tertiary/aromatic N) is 3. The first-order valence-electron chi connectivity index (χ1n) is 11.0. The summed E-state index contributed by atoms with van der Waals surface area (Å²) in [5.41, 5.74) is 1.88. The third-order valence-electron chi connectivity index (χ3n) is 6.00. The molecular weight excluding hydrogens is 442 g/mol. The topological polar surface area (TPSA) is 99.9 Å². The second-order valence-corrected chi connectivity index (χ2v) is 10.3. The van der Waals surface area contributed by atoms with Gasteiger partial charge in [-0.3, -0.25) is 4.79 Å². The fourth-order valence-electron chi connectivity index (χ4n) is 4.07. The average molecular weight is 470 g/mol. The van der Waals surface area contributed by atoms with E-state index in [-0.39, 0.29) is 22.5 Å².